The van der Waals surface area contributed by atoms with E-state index >= 15 is 0 Å². The molecule has 0 spiro atoms. The normalized spacial score (nSPS) is 13.2. The maximum atomic E-state index is 12.7. The first-order valence-electron chi connectivity index (χ1n) is 23.1. The van der Waals surface area contributed by atoms with Crippen molar-refractivity contribution in [3.8, 4) is 0 Å². The molecular weight excluding hydrogens is 719 g/mol. The van der Waals surface area contributed by atoms with E-state index in [2.05, 4.69) is 50.3 Å². The molecule has 0 amide bonds. The van der Waals surface area contributed by atoms with Crippen LogP contribution in [0.5, 0.6) is 0 Å². The van der Waals surface area contributed by atoms with E-state index in [1.165, 1.54) is 103 Å². The average Bonchev–Trinajstić information content (AvgIpc) is 3.17. The van der Waals surface area contributed by atoms with Crippen molar-refractivity contribution in [2.45, 2.75) is 206 Å². The summed E-state index contributed by atoms with van der Waals surface area (Å²) in [6.45, 7) is 4.60. The fraction of sp³-hybridized carbons (Fsp3) is 0.812. The summed E-state index contributed by atoms with van der Waals surface area (Å²) in [5.41, 5.74) is 0. The molecule has 0 rings (SSSR count). The third kappa shape index (κ3) is 41.5. The lowest BCUT2D eigenvalue weighted by molar-refractivity contribution is -0.870. The highest BCUT2D eigenvalue weighted by molar-refractivity contribution is 5.70. The highest BCUT2D eigenvalue weighted by atomic mass is 16.7. The molecule has 57 heavy (non-hydrogen) atoms. The van der Waals surface area contributed by atoms with Crippen molar-refractivity contribution < 1.29 is 42.9 Å². The van der Waals surface area contributed by atoms with Crippen molar-refractivity contribution in [1.29, 1.82) is 0 Å². The molecule has 0 saturated carbocycles. The predicted octanol–water partition coefficient (Wildman–Crippen LogP) is 10.9. The van der Waals surface area contributed by atoms with Crippen LogP contribution in [-0.4, -0.2) is 82.3 Å². The first kappa shape index (κ1) is 54.5. The number of carbonyl (C=O) groups excluding carboxylic acids is 3. The number of esters is 2. The second kappa shape index (κ2) is 40.3. The zero-order valence-corrected chi connectivity index (χ0v) is 37.5. The second-order valence-corrected chi connectivity index (χ2v) is 16.7. The molecule has 0 aliphatic heterocycles. The van der Waals surface area contributed by atoms with Gasteiger partial charge in [-0.25, -0.2) is 0 Å². The Kier molecular flexibility index (Phi) is 38.5. The van der Waals surface area contributed by atoms with E-state index in [9.17, 15) is 19.5 Å². The molecule has 9 nitrogen and oxygen atoms in total. The third-order valence-corrected chi connectivity index (χ3v) is 9.90. The summed E-state index contributed by atoms with van der Waals surface area (Å²) in [5, 5.41) is 11.7. The summed E-state index contributed by atoms with van der Waals surface area (Å²) < 4.78 is 22.5. The number of hydrogen-bond donors (Lipinski definition) is 0. The Morgan fingerprint density at radius 2 is 1.00 bits per heavy atom. The Labute approximate surface area is 350 Å². The van der Waals surface area contributed by atoms with Crippen LogP contribution in [0.2, 0.25) is 0 Å². The fourth-order valence-electron chi connectivity index (χ4n) is 6.31. The maximum Gasteiger partial charge on any atom is 0.306 e. The molecule has 0 N–H and O–H groups in total. The van der Waals surface area contributed by atoms with Crippen molar-refractivity contribution in [1.82, 2.24) is 0 Å². The first-order chi connectivity index (χ1) is 27.6. The lowest BCUT2D eigenvalue weighted by atomic mass is 10.0. The van der Waals surface area contributed by atoms with Crippen molar-refractivity contribution in [3.05, 3.63) is 36.5 Å². The van der Waals surface area contributed by atoms with Crippen molar-refractivity contribution in [2.75, 3.05) is 47.5 Å². The zero-order valence-electron chi connectivity index (χ0n) is 37.5. The number of carbonyl (C=O) groups is 3. The topological polar surface area (TPSA) is 111 Å². The summed E-state index contributed by atoms with van der Waals surface area (Å²) in [6, 6.07) is 0. The van der Waals surface area contributed by atoms with Gasteiger partial charge in [0.15, 0.2) is 12.4 Å². The zero-order chi connectivity index (χ0) is 42.1. The van der Waals surface area contributed by atoms with Crippen LogP contribution in [0.3, 0.4) is 0 Å². The second-order valence-electron chi connectivity index (χ2n) is 16.7. The van der Waals surface area contributed by atoms with Gasteiger partial charge in [0.2, 0.25) is 0 Å². The van der Waals surface area contributed by atoms with E-state index < -0.39 is 24.3 Å². The number of aliphatic carboxylic acids is 1. The van der Waals surface area contributed by atoms with Gasteiger partial charge in [0.05, 0.1) is 40.3 Å². The van der Waals surface area contributed by atoms with Gasteiger partial charge in [0.25, 0.3) is 0 Å². The van der Waals surface area contributed by atoms with Crippen LogP contribution in [0.25, 0.3) is 0 Å². The van der Waals surface area contributed by atoms with Crippen LogP contribution in [0, 0.1) is 0 Å². The van der Waals surface area contributed by atoms with E-state index in [1.54, 1.807) is 0 Å². The number of quaternary nitrogens is 1. The Morgan fingerprint density at radius 3 is 1.49 bits per heavy atom. The van der Waals surface area contributed by atoms with E-state index in [0.717, 1.165) is 57.8 Å². The number of carboxylic acid groups (broad SMARTS) is 1. The highest BCUT2D eigenvalue weighted by Crippen LogP contribution is 2.15. The molecule has 0 aromatic heterocycles. The molecule has 0 fully saturated rings. The number of hydrogen-bond acceptors (Lipinski definition) is 8. The molecule has 0 aliphatic rings. The molecule has 0 radical (unpaired) electrons. The molecule has 0 aliphatic carbocycles. The van der Waals surface area contributed by atoms with Gasteiger partial charge < -0.3 is 33.3 Å². The summed E-state index contributed by atoms with van der Waals surface area (Å²) in [6.07, 6.45) is 41.8. The van der Waals surface area contributed by atoms with Gasteiger partial charge in [-0.2, -0.15) is 0 Å². The van der Waals surface area contributed by atoms with Crippen molar-refractivity contribution in [2.24, 2.45) is 0 Å². The molecular formula is C48H87NO8. The Balaban J connectivity index is 4.38. The molecule has 2 unspecified atom stereocenters. The highest BCUT2D eigenvalue weighted by Gasteiger charge is 2.21. The van der Waals surface area contributed by atoms with E-state index in [4.69, 9.17) is 18.9 Å². The molecule has 0 aromatic rings. The smallest absolute Gasteiger partial charge is 0.306 e. The SMILES string of the molecule is CC/C=C\C/C=C\C/C=C\CCCCCC(=O)OC(COC(=O)CCCCCCCCCCCCCCCCCCCCC)COC(OCC[N+](C)(C)C)C(=O)[O-]. The van der Waals surface area contributed by atoms with Gasteiger partial charge in [-0.05, 0) is 44.9 Å². The van der Waals surface area contributed by atoms with Gasteiger partial charge in [-0.15, -0.1) is 0 Å². The molecule has 9 heteroatoms. The van der Waals surface area contributed by atoms with Crippen LogP contribution in [0.4, 0.5) is 0 Å². The van der Waals surface area contributed by atoms with E-state index in [0.29, 0.717) is 17.4 Å². The van der Waals surface area contributed by atoms with Crippen molar-refractivity contribution >= 4 is 17.9 Å². The maximum absolute atomic E-state index is 12.7. The summed E-state index contributed by atoms with van der Waals surface area (Å²) in [7, 11) is 5.90. The molecule has 0 saturated heterocycles. The predicted molar refractivity (Wildman–Crippen MR) is 232 cm³/mol. The number of unbranched alkanes of at least 4 members (excludes halogenated alkanes) is 21. The van der Waals surface area contributed by atoms with Crippen LogP contribution in [0.1, 0.15) is 194 Å². The van der Waals surface area contributed by atoms with Crippen LogP contribution in [-0.2, 0) is 33.3 Å². The molecule has 0 bridgehead atoms. The Hall–Kier alpha value is -2.49. The number of nitrogens with zero attached hydrogens (tertiary/aromatic N) is 1. The monoisotopic (exact) mass is 806 g/mol. The number of ether oxygens (including phenoxy) is 4. The minimum Gasteiger partial charge on any atom is -0.545 e. The lowest BCUT2D eigenvalue weighted by Gasteiger charge is -2.26. The van der Waals surface area contributed by atoms with Gasteiger partial charge in [-0.1, -0.05) is 172 Å². The Morgan fingerprint density at radius 1 is 0.544 bits per heavy atom. The molecule has 332 valence electrons. The number of rotatable bonds is 42. The van der Waals surface area contributed by atoms with E-state index in [-0.39, 0.29) is 38.6 Å². The van der Waals surface area contributed by atoms with E-state index in [1.807, 2.05) is 21.1 Å². The fourth-order valence-corrected chi connectivity index (χ4v) is 6.31. The standard InChI is InChI=1S/C48H87NO8/c1-6-8-10-12-14-16-18-20-21-22-23-24-25-27-28-30-32-34-36-38-45(50)55-42-44(43-56-48(47(52)53)54-41-40-49(3,4)5)57-46(51)39-37-35-33-31-29-26-19-17-15-13-11-9-7-2/h9,11,15,17,26,29,44,48H,6-8,10,12-14,16,18-25,27-28,30-43H2,1-5H3/b11-9-,17-15-,29-26-. The third-order valence-electron chi connectivity index (χ3n) is 9.90. The number of carboxylic acids is 1. The summed E-state index contributed by atoms with van der Waals surface area (Å²) in [5.74, 6) is -2.32. The number of allylic oxidation sites excluding steroid dienone is 6. The summed E-state index contributed by atoms with van der Waals surface area (Å²) >= 11 is 0. The number of likely N-dealkylation sites (N-methyl/N-ethyl adjacent to an activating group) is 1. The minimum absolute atomic E-state index is 0.142. The van der Waals surface area contributed by atoms with Crippen LogP contribution < -0.4 is 5.11 Å². The molecule has 0 aromatic carbocycles. The van der Waals surface area contributed by atoms with Crippen LogP contribution >= 0.6 is 0 Å². The quantitative estimate of drug-likeness (QED) is 0.0197. The summed E-state index contributed by atoms with van der Waals surface area (Å²) in [4.78, 5) is 37.0. The molecule has 2 atom stereocenters. The first-order valence-corrected chi connectivity index (χ1v) is 23.1. The molecule has 0 heterocycles. The largest absolute Gasteiger partial charge is 0.545 e. The van der Waals surface area contributed by atoms with Gasteiger partial charge in [-0.3, -0.25) is 9.59 Å². The lowest BCUT2D eigenvalue weighted by Crippen LogP contribution is -2.44. The minimum atomic E-state index is -1.63. The van der Waals surface area contributed by atoms with Crippen LogP contribution in [0.15, 0.2) is 36.5 Å². The average molecular weight is 806 g/mol. The van der Waals surface area contributed by atoms with Gasteiger partial charge >= 0.3 is 11.9 Å². The van der Waals surface area contributed by atoms with Gasteiger partial charge in [0.1, 0.15) is 13.2 Å². The van der Waals surface area contributed by atoms with Gasteiger partial charge in [0, 0.05) is 12.8 Å². The van der Waals surface area contributed by atoms with Crippen molar-refractivity contribution in [3.63, 3.8) is 0 Å². The Bertz CT molecular complexity index is 1030.